The molecule has 0 aliphatic rings. The molecule has 3 nitrogen and oxygen atoms in total. The SMILES string of the molecule is CC(=O)O.C[Si](C)(C)C[Si](C)(C)O. The Kier molecular flexibility index (Phi) is 6.57. The largest absolute Gasteiger partial charge is 0.481 e. The molecule has 0 amide bonds. The van der Waals surface area contributed by atoms with E-state index in [2.05, 4.69) is 19.6 Å². The van der Waals surface area contributed by atoms with Crippen molar-refractivity contribution in [2.45, 2.75) is 45.3 Å². The van der Waals surface area contributed by atoms with Crippen LogP contribution in [0.5, 0.6) is 0 Å². The summed E-state index contributed by atoms with van der Waals surface area (Å²) in [6, 6.07) is 0. The second-order valence-electron chi connectivity index (χ2n) is 5.07. The topological polar surface area (TPSA) is 57.5 Å². The van der Waals surface area contributed by atoms with Gasteiger partial charge in [-0.25, -0.2) is 0 Å². The Balaban J connectivity index is 0. The van der Waals surface area contributed by atoms with Gasteiger partial charge in [0.1, 0.15) is 0 Å². The van der Waals surface area contributed by atoms with Gasteiger partial charge in [-0.15, -0.1) is 0 Å². The van der Waals surface area contributed by atoms with E-state index in [9.17, 15) is 4.80 Å². The zero-order chi connectivity index (χ0) is 11.3. The average molecular weight is 222 g/mol. The lowest BCUT2D eigenvalue weighted by Crippen LogP contribution is -2.37. The van der Waals surface area contributed by atoms with Crippen LogP contribution < -0.4 is 0 Å². The fourth-order valence-corrected chi connectivity index (χ4v) is 11.7. The van der Waals surface area contributed by atoms with E-state index >= 15 is 0 Å². The first-order valence-electron chi connectivity index (χ1n) is 4.36. The van der Waals surface area contributed by atoms with Gasteiger partial charge in [0, 0.05) is 15.0 Å². The van der Waals surface area contributed by atoms with Crippen molar-refractivity contribution in [1.82, 2.24) is 0 Å². The van der Waals surface area contributed by atoms with Gasteiger partial charge in [0.05, 0.1) is 0 Å². The van der Waals surface area contributed by atoms with Gasteiger partial charge < -0.3 is 9.90 Å². The molecule has 0 rings (SSSR count). The molecule has 0 bridgehead atoms. The zero-order valence-corrected chi connectivity index (χ0v) is 11.5. The molecule has 0 spiro atoms. The normalized spacial score (nSPS) is 11.6. The molecule has 0 saturated heterocycles. The van der Waals surface area contributed by atoms with Crippen LogP contribution in [-0.4, -0.2) is 32.3 Å². The van der Waals surface area contributed by atoms with E-state index in [1.165, 1.54) is 0 Å². The van der Waals surface area contributed by atoms with Crippen molar-refractivity contribution in [2.24, 2.45) is 0 Å². The van der Waals surface area contributed by atoms with Gasteiger partial charge in [0.15, 0.2) is 8.32 Å². The summed E-state index contributed by atoms with van der Waals surface area (Å²) in [6.45, 7) is 12.0. The van der Waals surface area contributed by atoms with Gasteiger partial charge in [-0.2, -0.15) is 0 Å². The first kappa shape index (κ1) is 15.3. The van der Waals surface area contributed by atoms with E-state index in [4.69, 9.17) is 9.90 Å². The van der Waals surface area contributed by atoms with Crippen molar-refractivity contribution in [3.8, 4) is 0 Å². The number of hydrogen-bond acceptors (Lipinski definition) is 2. The predicted molar refractivity (Wildman–Crippen MR) is 61.2 cm³/mol. The minimum atomic E-state index is -1.73. The second kappa shape index (κ2) is 5.56. The van der Waals surface area contributed by atoms with E-state index in [0.29, 0.717) is 0 Å². The summed E-state index contributed by atoms with van der Waals surface area (Å²) in [5.74, 6) is -0.833. The molecule has 0 heterocycles. The van der Waals surface area contributed by atoms with Gasteiger partial charge >= 0.3 is 0 Å². The second-order valence-corrected chi connectivity index (χ2v) is 15.2. The molecular formula is C8H22O3Si2. The summed E-state index contributed by atoms with van der Waals surface area (Å²) in [7, 11) is -2.71. The van der Waals surface area contributed by atoms with E-state index in [1.807, 2.05) is 13.1 Å². The predicted octanol–water partition coefficient (Wildman–Crippen LogP) is 2.15. The molecule has 13 heavy (non-hydrogen) atoms. The van der Waals surface area contributed by atoms with Crippen LogP contribution in [-0.2, 0) is 4.79 Å². The van der Waals surface area contributed by atoms with E-state index in [-0.39, 0.29) is 0 Å². The third-order valence-corrected chi connectivity index (χ3v) is 8.67. The summed E-state index contributed by atoms with van der Waals surface area (Å²) in [5, 5.41) is 7.42. The summed E-state index contributed by atoms with van der Waals surface area (Å²) in [6.07, 6.45) is 0. The molecule has 0 atom stereocenters. The highest BCUT2D eigenvalue weighted by molar-refractivity contribution is 6.91. The highest BCUT2D eigenvalue weighted by Crippen LogP contribution is 2.16. The molecule has 80 valence electrons. The van der Waals surface area contributed by atoms with E-state index < -0.39 is 22.4 Å². The summed E-state index contributed by atoms with van der Waals surface area (Å²) in [4.78, 5) is 18.5. The number of carboxylic acids is 1. The summed E-state index contributed by atoms with van der Waals surface area (Å²) < 4.78 is 0. The quantitative estimate of drug-likeness (QED) is 0.704. The molecule has 0 aromatic heterocycles. The van der Waals surface area contributed by atoms with Gasteiger partial charge in [0.2, 0.25) is 0 Å². The number of carbonyl (C=O) groups is 1. The highest BCUT2D eigenvalue weighted by atomic mass is 28.4. The monoisotopic (exact) mass is 222 g/mol. The lowest BCUT2D eigenvalue weighted by Gasteiger charge is -2.23. The van der Waals surface area contributed by atoms with Crippen molar-refractivity contribution in [3.05, 3.63) is 0 Å². The Hall–Kier alpha value is -0.136. The maximum atomic E-state index is 9.53. The molecular weight excluding hydrogens is 200 g/mol. The van der Waals surface area contributed by atoms with E-state index in [1.54, 1.807) is 0 Å². The maximum absolute atomic E-state index is 9.53. The van der Waals surface area contributed by atoms with Crippen LogP contribution in [0.4, 0.5) is 0 Å². The third kappa shape index (κ3) is 33.6. The molecule has 2 N–H and O–H groups in total. The Labute approximate surface area is 82.9 Å². The number of aliphatic carboxylic acids is 1. The van der Waals surface area contributed by atoms with Crippen LogP contribution >= 0.6 is 0 Å². The minimum absolute atomic E-state index is 0.833. The summed E-state index contributed by atoms with van der Waals surface area (Å²) >= 11 is 0. The lowest BCUT2D eigenvalue weighted by molar-refractivity contribution is -0.134. The van der Waals surface area contributed by atoms with Crippen LogP contribution in [0.3, 0.4) is 0 Å². The molecule has 0 aromatic carbocycles. The number of carboxylic acid groups (broad SMARTS) is 1. The Morgan fingerprint density at radius 1 is 1.15 bits per heavy atom. The molecule has 0 radical (unpaired) electrons. The van der Waals surface area contributed by atoms with Crippen LogP contribution in [0, 0.1) is 0 Å². The van der Waals surface area contributed by atoms with Gasteiger partial charge in [-0.3, -0.25) is 4.79 Å². The molecule has 0 fully saturated rings. The lowest BCUT2D eigenvalue weighted by atomic mass is 10.9. The average Bonchev–Trinajstić information content (AvgIpc) is 1.47. The van der Waals surface area contributed by atoms with Gasteiger partial charge in [-0.05, 0) is 18.8 Å². The van der Waals surface area contributed by atoms with Gasteiger partial charge in [0.25, 0.3) is 5.97 Å². The summed E-state index contributed by atoms with van der Waals surface area (Å²) in [5.41, 5.74) is 1.12. The van der Waals surface area contributed by atoms with Crippen molar-refractivity contribution in [2.75, 3.05) is 0 Å². The van der Waals surface area contributed by atoms with Crippen molar-refractivity contribution < 1.29 is 14.7 Å². The zero-order valence-electron chi connectivity index (χ0n) is 9.51. The van der Waals surface area contributed by atoms with Crippen molar-refractivity contribution in [1.29, 1.82) is 0 Å². The Morgan fingerprint density at radius 2 is 1.38 bits per heavy atom. The van der Waals surface area contributed by atoms with Crippen LogP contribution in [0.2, 0.25) is 38.4 Å². The first-order valence-corrected chi connectivity index (χ1v) is 11.2. The third-order valence-electron chi connectivity index (χ3n) is 0.963. The smallest absolute Gasteiger partial charge is 0.300 e. The standard InChI is InChI=1S/C6H18OSi2.C2H4O2/c1-8(2,3)6-9(4,5)7;1-2(3)4/h7H,6H2,1-5H3;1H3,(H,3,4). The van der Waals surface area contributed by atoms with Crippen LogP contribution in [0.25, 0.3) is 0 Å². The Bertz CT molecular complexity index is 140. The van der Waals surface area contributed by atoms with E-state index in [0.717, 1.165) is 12.6 Å². The number of rotatable bonds is 2. The first-order chi connectivity index (χ1) is 5.44. The molecule has 0 aliphatic heterocycles. The molecule has 0 aliphatic carbocycles. The molecule has 0 unspecified atom stereocenters. The highest BCUT2D eigenvalue weighted by Gasteiger charge is 2.26. The maximum Gasteiger partial charge on any atom is 0.300 e. The van der Waals surface area contributed by atoms with Gasteiger partial charge in [-0.1, -0.05) is 19.6 Å². The van der Waals surface area contributed by atoms with Crippen LogP contribution in [0.1, 0.15) is 6.92 Å². The number of hydrogen-bond donors (Lipinski definition) is 2. The molecule has 5 heteroatoms. The molecule has 0 saturated carbocycles. The van der Waals surface area contributed by atoms with Crippen molar-refractivity contribution >= 4 is 22.4 Å². The minimum Gasteiger partial charge on any atom is -0.481 e. The fourth-order valence-electron chi connectivity index (χ4n) is 1.30. The van der Waals surface area contributed by atoms with Crippen LogP contribution in [0.15, 0.2) is 0 Å². The van der Waals surface area contributed by atoms with Crippen molar-refractivity contribution in [3.63, 3.8) is 0 Å². The fraction of sp³-hybridized carbons (Fsp3) is 0.875. The molecule has 0 aromatic rings. The Morgan fingerprint density at radius 3 is 1.38 bits per heavy atom.